The molecule has 2 rings (SSSR count). The van der Waals surface area contributed by atoms with E-state index < -0.39 is 0 Å². The van der Waals surface area contributed by atoms with Gasteiger partial charge in [-0.3, -0.25) is 4.79 Å². The van der Waals surface area contributed by atoms with E-state index in [1.807, 2.05) is 23.1 Å². The van der Waals surface area contributed by atoms with Gasteiger partial charge in [-0.05, 0) is 24.3 Å². The fourth-order valence-corrected chi connectivity index (χ4v) is 2.24. The predicted octanol–water partition coefficient (Wildman–Crippen LogP) is 2.55. The number of nitrogens with zero attached hydrogens (tertiary/aromatic N) is 1. The zero-order valence-electron chi connectivity index (χ0n) is 11.9. The number of nitrogens with two attached hydrogens (primary N) is 1. The Morgan fingerprint density at radius 2 is 2.00 bits per heavy atom. The van der Waals surface area contributed by atoms with Crippen molar-refractivity contribution < 1.29 is 4.79 Å². The van der Waals surface area contributed by atoms with Crippen molar-refractivity contribution in [1.82, 2.24) is 4.90 Å². The second kappa shape index (κ2) is 6.20. The SMILES string of the molecule is CCC(C)[C@H](N)C(=O)N(Cc1ccccc1)C1CC1. The van der Waals surface area contributed by atoms with E-state index >= 15 is 0 Å². The first-order chi connectivity index (χ1) is 9.13. The molecule has 1 fully saturated rings. The van der Waals surface area contributed by atoms with Crippen LogP contribution in [0.1, 0.15) is 38.7 Å². The standard InChI is InChI=1S/C16H24N2O/c1-3-12(2)15(17)16(19)18(14-9-10-14)11-13-7-5-4-6-8-13/h4-8,12,14-15H,3,9-11,17H2,1-2H3/t12?,15-/m0/s1. The third-order valence-corrected chi connectivity index (χ3v) is 4.01. The van der Waals surface area contributed by atoms with E-state index in [0.717, 1.165) is 19.3 Å². The van der Waals surface area contributed by atoms with Crippen LogP contribution in [0, 0.1) is 5.92 Å². The maximum absolute atomic E-state index is 12.5. The Balaban J connectivity index is 2.06. The number of amides is 1. The van der Waals surface area contributed by atoms with Gasteiger partial charge in [0.2, 0.25) is 5.91 Å². The molecule has 0 aromatic heterocycles. The number of benzene rings is 1. The van der Waals surface area contributed by atoms with E-state index in [0.29, 0.717) is 12.6 Å². The minimum absolute atomic E-state index is 0.112. The van der Waals surface area contributed by atoms with Crippen molar-refractivity contribution in [2.24, 2.45) is 11.7 Å². The van der Waals surface area contributed by atoms with Crippen molar-refractivity contribution in [2.45, 2.75) is 51.7 Å². The minimum atomic E-state index is -0.366. The average molecular weight is 260 g/mol. The van der Waals surface area contributed by atoms with Gasteiger partial charge in [0.1, 0.15) is 0 Å². The van der Waals surface area contributed by atoms with Gasteiger partial charge in [0.25, 0.3) is 0 Å². The zero-order chi connectivity index (χ0) is 13.8. The Morgan fingerprint density at radius 1 is 1.37 bits per heavy atom. The largest absolute Gasteiger partial charge is 0.334 e. The van der Waals surface area contributed by atoms with Crippen LogP contribution in [0.25, 0.3) is 0 Å². The van der Waals surface area contributed by atoms with Gasteiger partial charge in [0, 0.05) is 12.6 Å². The summed E-state index contributed by atoms with van der Waals surface area (Å²) in [6, 6.07) is 10.2. The maximum atomic E-state index is 12.5. The predicted molar refractivity (Wildman–Crippen MR) is 77.4 cm³/mol. The van der Waals surface area contributed by atoms with Crippen LogP contribution in [0.4, 0.5) is 0 Å². The Morgan fingerprint density at radius 3 is 2.53 bits per heavy atom. The molecule has 104 valence electrons. The van der Waals surface area contributed by atoms with Gasteiger partial charge in [-0.25, -0.2) is 0 Å². The average Bonchev–Trinajstić information content (AvgIpc) is 3.28. The molecule has 0 bridgehead atoms. The molecule has 0 aliphatic heterocycles. The third-order valence-electron chi connectivity index (χ3n) is 4.01. The molecule has 1 aliphatic carbocycles. The summed E-state index contributed by atoms with van der Waals surface area (Å²) in [5, 5.41) is 0. The smallest absolute Gasteiger partial charge is 0.240 e. The summed E-state index contributed by atoms with van der Waals surface area (Å²) in [4.78, 5) is 14.5. The lowest BCUT2D eigenvalue weighted by molar-refractivity contribution is -0.135. The topological polar surface area (TPSA) is 46.3 Å². The van der Waals surface area contributed by atoms with Gasteiger partial charge in [-0.15, -0.1) is 0 Å². The number of hydrogen-bond donors (Lipinski definition) is 1. The Labute approximate surface area is 115 Å². The maximum Gasteiger partial charge on any atom is 0.240 e. The Bertz CT molecular complexity index is 414. The van der Waals surface area contributed by atoms with E-state index in [4.69, 9.17) is 5.73 Å². The summed E-state index contributed by atoms with van der Waals surface area (Å²) in [7, 11) is 0. The van der Waals surface area contributed by atoms with Crippen molar-refractivity contribution >= 4 is 5.91 Å². The number of carbonyl (C=O) groups excluding carboxylic acids is 1. The van der Waals surface area contributed by atoms with Gasteiger partial charge < -0.3 is 10.6 Å². The van der Waals surface area contributed by atoms with E-state index in [1.54, 1.807) is 0 Å². The molecule has 3 nitrogen and oxygen atoms in total. The highest BCUT2D eigenvalue weighted by Gasteiger charge is 2.35. The van der Waals surface area contributed by atoms with Crippen molar-refractivity contribution in [3.8, 4) is 0 Å². The molecule has 1 amide bonds. The van der Waals surface area contributed by atoms with Gasteiger partial charge in [0.15, 0.2) is 0 Å². The molecule has 1 saturated carbocycles. The van der Waals surface area contributed by atoms with Crippen molar-refractivity contribution in [1.29, 1.82) is 0 Å². The molecular weight excluding hydrogens is 236 g/mol. The molecule has 2 atom stereocenters. The van der Waals surface area contributed by atoms with Gasteiger partial charge in [-0.2, -0.15) is 0 Å². The van der Waals surface area contributed by atoms with Crippen LogP contribution in [0.2, 0.25) is 0 Å². The third kappa shape index (κ3) is 3.57. The number of hydrogen-bond acceptors (Lipinski definition) is 2. The lowest BCUT2D eigenvalue weighted by Crippen LogP contribution is -2.47. The van der Waals surface area contributed by atoms with Crippen LogP contribution < -0.4 is 5.73 Å². The van der Waals surface area contributed by atoms with Crippen LogP contribution in [-0.4, -0.2) is 22.9 Å². The van der Waals surface area contributed by atoms with Gasteiger partial charge in [-0.1, -0.05) is 50.6 Å². The molecule has 1 aromatic carbocycles. The Kier molecular flexibility index (Phi) is 4.59. The summed E-state index contributed by atoms with van der Waals surface area (Å²) < 4.78 is 0. The first-order valence-electron chi connectivity index (χ1n) is 7.23. The summed E-state index contributed by atoms with van der Waals surface area (Å²) in [6.45, 7) is 4.82. The second-order valence-electron chi connectivity index (χ2n) is 5.59. The molecular formula is C16H24N2O. The summed E-state index contributed by atoms with van der Waals surface area (Å²) in [6.07, 6.45) is 3.17. The lowest BCUT2D eigenvalue weighted by atomic mass is 9.98. The summed E-state index contributed by atoms with van der Waals surface area (Å²) in [5.41, 5.74) is 7.28. The molecule has 1 aromatic rings. The van der Waals surface area contributed by atoms with E-state index in [2.05, 4.69) is 26.0 Å². The molecule has 0 spiro atoms. The molecule has 2 N–H and O–H groups in total. The van der Waals surface area contributed by atoms with Gasteiger partial charge >= 0.3 is 0 Å². The van der Waals surface area contributed by atoms with Crippen LogP contribution in [-0.2, 0) is 11.3 Å². The molecule has 1 unspecified atom stereocenters. The summed E-state index contributed by atoms with van der Waals surface area (Å²) >= 11 is 0. The Hall–Kier alpha value is -1.35. The molecule has 0 heterocycles. The molecule has 19 heavy (non-hydrogen) atoms. The molecule has 0 radical (unpaired) electrons. The first-order valence-corrected chi connectivity index (χ1v) is 7.23. The fourth-order valence-electron chi connectivity index (χ4n) is 2.24. The normalized spacial score (nSPS) is 17.8. The first kappa shape index (κ1) is 14.1. The van der Waals surface area contributed by atoms with Crippen LogP contribution in [0.15, 0.2) is 30.3 Å². The van der Waals surface area contributed by atoms with Crippen LogP contribution in [0.5, 0.6) is 0 Å². The van der Waals surface area contributed by atoms with E-state index in [-0.39, 0.29) is 17.9 Å². The second-order valence-corrected chi connectivity index (χ2v) is 5.59. The quantitative estimate of drug-likeness (QED) is 0.854. The van der Waals surface area contributed by atoms with Crippen molar-refractivity contribution in [3.05, 3.63) is 35.9 Å². The molecule has 0 saturated heterocycles. The number of rotatable bonds is 6. The van der Waals surface area contributed by atoms with Gasteiger partial charge in [0.05, 0.1) is 6.04 Å². The van der Waals surface area contributed by atoms with Crippen LogP contribution in [0.3, 0.4) is 0 Å². The highest BCUT2D eigenvalue weighted by atomic mass is 16.2. The van der Waals surface area contributed by atoms with Crippen molar-refractivity contribution in [2.75, 3.05) is 0 Å². The van der Waals surface area contributed by atoms with E-state index in [1.165, 1.54) is 5.56 Å². The highest BCUT2D eigenvalue weighted by molar-refractivity contribution is 5.82. The van der Waals surface area contributed by atoms with Crippen molar-refractivity contribution in [3.63, 3.8) is 0 Å². The number of carbonyl (C=O) groups is 1. The summed E-state index contributed by atoms with van der Waals surface area (Å²) in [5.74, 6) is 0.352. The minimum Gasteiger partial charge on any atom is -0.334 e. The molecule has 1 aliphatic rings. The highest BCUT2D eigenvalue weighted by Crippen LogP contribution is 2.29. The van der Waals surface area contributed by atoms with E-state index in [9.17, 15) is 4.79 Å². The monoisotopic (exact) mass is 260 g/mol. The van der Waals surface area contributed by atoms with Crippen LogP contribution >= 0.6 is 0 Å². The zero-order valence-corrected chi connectivity index (χ0v) is 11.9. The fraction of sp³-hybridized carbons (Fsp3) is 0.562. The lowest BCUT2D eigenvalue weighted by Gasteiger charge is -2.28. The molecule has 3 heteroatoms.